The summed E-state index contributed by atoms with van der Waals surface area (Å²) in [6, 6.07) is 11.7. The van der Waals surface area contributed by atoms with Crippen LogP contribution in [0.25, 0.3) is 0 Å². The second kappa shape index (κ2) is 6.85. The Balaban J connectivity index is 1.86. The molecule has 0 radical (unpaired) electrons. The Morgan fingerprint density at radius 1 is 1.19 bits per heavy atom. The number of hydrogen-bond acceptors (Lipinski definition) is 6. The van der Waals surface area contributed by atoms with Crippen LogP contribution in [0.5, 0.6) is 0 Å². The van der Waals surface area contributed by atoms with Crippen molar-refractivity contribution in [1.82, 2.24) is 0 Å². The third-order valence-electron chi connectivity index (χ3n) is 5.27. The first kappa shape index (κ1) is 17.8. The highest BCUT2D eigenvalue weighted by Crippen LogP contribution is 2.44. The van der Waals surface area contributed by atoms with Crippen LogP contribution in [0.4, 0.5) is 11.4 Å². The van der Waals surface area contributed by atoms with E-state index in [1.54, 1.807) is 11.3 Å². The number of anilines is 2. The second-order valence-corrected chi connectivity index (χ2v) is 8.45. The summed E-state index contributed by atoms with van der Waals surface area (Å²) in [6.45, 7) is 3.98. The van der Waals surface area contributed by atoms with Gasteiger partial charge in [-0.2, -0.15) is 0 Å². The fourth-order valence-corrected chi connectivity index (χ4v) is 4.89. The zero-order chi connectivity index (χ0) is 19.1. The minimum Gasteiger partial charge on any atom is -0.468 e. The maximum absolute atomic E-state index is 13.4. The van der Waals surface area contributed by atoms with Gasteiger partial charge in [0.15, 0.2) is 5.78 Å². The Morgan fingerprint density at radius 3 is 2.59 bits per heavy atom. The lowest BCUT2D eigenvalue weighted by Crippen LogP contribution is -2.39. The number of rotatable bonds is 2. The SMILES string of the molecule is COC(=O)[C@H]1C(=O)C2=C(C[C@H]1C)Nc1ccccc1N[C@@H]2c1ccc(C)s1. The summed E-state index contributed by atoms with van der Waals surface area (Å²) < 4.78 is 4.93. The van der Waals surface area contributed by atoms with Gasteiger partial charge in [-0.1, -0.05) is 19.1 Å². The van der Waals surface area contributed by atoms with E-state index >= 15 is 0 Å². The number of para-hydroxylation sites is 2. The predicted octanol–water partition coefficient (Wildman–Crippen LogP) is 4.29. The van der Waals surface area contributed by atoms with Gasteiger partial charge in [-0.25, -0.2) is 0 Å². The van der Waals surface area contributed by atoms with Crippen LogP contribution in [0.15, 0.2) is 47.7 Å². The molecule has 4 rings (SSSR count). The van der Waals surface area contributed by atoms with Crippen molar-refractivity contribution in [2.45, 2.75) is 26.3 Å². The minimum absolute atomic E-state index is 0.118. The van der Waals surface area contributed by atoms with E-state index in [4.69, 9.17) is 4.74 Å². The lowest BCUT2D eigenvalue weighted by Gasteiger charge is -2.32. The van der Waals surface area contributed by atoms with Crippen molar-refractivity contribution in [3.05, 3.63) is 57.4 Å². The lowest BCUT2D eigenvalue weighted by atomic mass is 9.75. The molecule has 0 amide bonds. The van der Waals surface area contributed by atoms with Gasteiger partial charge in [0.1, 0.15) is 5.92 Å². The molecule has 1 aromatic carbocycles. The van der Waals surface area contributed by atoms with Gasteiger partial charge in [0, 0.05) is 21.0 Å². The number of hydrogen-bond donors (Lipinski definition) is 2. The van der Waals surface area contributed by atoms with Crippen LogP contribution >= 0.6 is 11.3 Å². The first-order chi connectivity index (χ1) is 13.0. The summed E-state index contributed by atoms with van der Waals surface area (Å²) in [6.07, 6.45) is 0.623. The average molecular weight is 382 g/mol. The molecular formula is C21H22N2O3S. The highest BCUT2D eigenvalue weighted by molar-refractivity contribution is 7.12. The monoisotopic (exact) mass is 382 g/mol. The van der Waals surface area contributed by atoms with Crippen molar-refractivity contribution < 1.29 is 14.3 Å². The molecule has 0 saturated carbocycles. The topological polar surface area (TPSA) is 67.4 Å². The molecule has 5 nitrogen and oxygen atoms in total. The van der Waals surface area contributed by atoms with Crippen molar-refractivity contribution in [3.63, 3.8) is 0 Å². The highest BCUT2D eigenvalue weighted by atomic mass is 32.1. The van der Waals surface area contributed by atoms with Crippen molar-refractivity contribution in [2.75, 3.05) is 17.7 Å². The predicted molar refractivity (Wildman–Crippen MR) is 107 cm³/mol. The molecule has 2 aromatic rings. The Bertz CT molecular complexity index is 946. The molecule has 0 unspecified atom stereocenters. The number of fused-ring (bicyclic) bond motifs is 1. The fraction of sp³-hybridized carbons (Fsp3) is 0.333. The molecule has 3 atom stereocenters. The minimum atomic E-state index is -0.762. The molecule has 0 bridgehead atoms. The smallest absolute Gasteiger partial charge is 0.316 e. The van der Waals surface area contributed by atoms with Crippen LogP contribution in [-0.4, -0.2) is 18.9 Å². The summed E-state index contributed by atoms with van der Waals surface area (Å²) >= 11 is 1.66. The number of thiophene rings is 1. The standard InChI is InChI=1S/C21H22N2O3S/c1-11-10-15-18(20(24)17(11)21(25)26-3)19(16-9-8-12(2)27-16)23-14-7-5-4-6-13(14)22-15/h4-9,11,17,19,22-23H,10H2,1-3H3/t11-,17-,19-/m1/s1. The summed E-state index contributed by atoms with van der Waals surface area (Å²) in [5.41, 5.74) is 3.41. The van der Waals surface area contributed by atoms with Gasteiger partial charge < -0.3 is 15.4 Å². The second-order valence-electron chi connectivity index (χ2n) is 7.14. The summed E-state index contributed by atoms with van der Waals surface area (Å²) in [7, 11) is 1.34. The molecule has 0 fully saturated rings. The van der Waals surface area contributed by atoms with Gasteiger partial charge >= 0.3 is 5.97 Å². The van der Waals surface area contributed by atoms with Crippen LogP contribution in [0.3, 0.4) is 0 Å². The van der Waals surface area contributed by atoms with Gasteiger partial charge in [0.25, 0.3) is 0 Å². The van der Waals surface area contributed by atoms with E-state index in [1.165, 1.54) is 12.0 Å². The first-order valence-electron chi connectivity index (χ1n) is 9.03. The Labute approximate surface area is 162 Å². The third kappa shape index (κ3) is 3.04. The normalized spacial score (nSPS) is 24.3. The molecule has 2 N–H and O–H groups in total. The van der Waals surface area contributed by atoms with Gasteiger partial charge in [-0.05, 0) is 43.5 Å². The lowest BCUT2D eigenvalue weighted by molar-refractivity contribution is -0.151. The Hall–Kier alpha value is -2.60. The van der Waals surface area contributed by atoms with E-state index in [9.17, 15) is 9.59 Å². The maximum atomic E-state index is 13.4. The molecule has 1 aromatic heterocycles. The van der Waals surface area contributed by atoms with Crippen LogP contribution in [0.1, 0.15) is 29.1 Å². The zero-order valence-corrected chi connectivity index (χ0v) is 16.4. The molecule has 0 spiro atoms. The molecule has 0 saturated heterocycles. The van der Waals surface area contributed by atoms with E-state index in [2.05, 4.69) is 22.8 Å². The van der Waals surface area contributed by atoms with Crippen molar-refractivity contribution in [3.8, 4) is 0 Å². The number of benzene rings is 1. The Kier molecular flexibility index (Phi) is 4.52. The van der Waals surface area contributed by atoms with Crippen molar-refractivity contribution in [1.29, 1.82) is 0 Å². The zero-order valence-electron chi connectivity index (χ0n) is 15.5. The highest BCUT2D eigenvalue weighted by Gasteiger charge is 2.44. The Morgan fingerprint density at radius 2 is 1.93 bits per heavy atom. The fourth-order valence-electron chi connectivity index (χ4n) is 3.96. The number of carbonyl (C=O) groups is 2. The van der Waals surface area contributed by atoms with E-state index < -0.39 is 11.9 Å². The van der Waals surface area contributed by atoms with Gasteiger partial charge in [-0.15, -0.1) is 11.3 Å². The molecule has 1 aliphatic heterocycles. The summed E-state index contributed by atoms with van der Waals surface area (Å²) in [5.74, 6) is -1.49. The molecule has 2 heterocycles. The van der Waals surface area contributed by atoms with Crippen LogP contribution in [0, 0.1) is 18.8 Å². The van der Waals surface area contributed by atoms with E-state index in [0.717, 1.165) is 21.9 Å². The number of aryl methyl sites for hydroxylation is 1. The van der Waals surface area contributed by atoms with Crippen molar-refractivity contribution in [2.24, 2.45) is 11.8 Å². The molecule has 6 heteroatoms. The average Bonchev–Trinajstić information content (AvgIpc) is 3.00. The van der Waals surface area contributed by atoms with Gasteiger partial charge in [0.2, 0.25) is 0 Å². The number of Topliss-reactive ketones (excluding diaryl/α,β-unsaturated/α-hetero) is 1. The van der Waals surface area contributed by atoms with Crippen LogP contribution in [-0.2, 0) is 14.3 Å². The molecular weight excluding hydrogens is 360 g/mol. The number of carbonyl (C=O) groups excluding carboxylic acids is 2. The quantitative estimate of drug-likeness (QED) is 0.599. The largest absolute Gasteiger partial charge is 0.468 e. The van der Waals surface area contributed by atoms with Gasteiger partial charge in [-0.3, -0.25) is 9.59 Å². The molecule has 2 aliphatic rings. The number of nitrogens with one attached hydrogen (secondary N) is 2. The van der Waals surface area contributed by atoms with E-state index in [0.29, 0.717) is 12.0 Å². The van der Waals surface area contributed by atoms with Crippen molar-refractivity contribution >= 4 is 34.5 Å². The summed E-state index contributed by atoms with van der Waals surface area (Å²) in [5, 5.41) is 6.98. The van der Waals surface area contributed by atoms with Crippen LogP contribution < -0.4 is 10.6 Å². The number of ketones is 1. The number of ether oxygens (including phenoxy) is 1. The van der Waals surface area contributed by atoms with E-state index in [1.807, 2.05) is 38.1 Å². The maximum Gasteiger partial charge on any atom is 0.316 e. The number of methoxy groups -OCH3 is 1. The summed E-state index contributed by atoms with van der Waals surface area (Å²) in [4.78, 5) is 28.0. The first-order valence-corrected chi connectivity index (χ1v) is 9.85. The number of esters is 1. The van der Waals surface area contributed by atoms with E-state index in [-0.39, 0.29) is 17.7 Å². The molecule has 1 aliphatic carbocycles. The van der Waals surface area contributed by atoms with Gasteiger partial charge in [0.05, 0.1) is 24.5 Å². The third-order valence-corrected chi connectivity index (χ3v) is 6.34. The van der Waals surface area contributed by atoms with Crippen LogP contribution in [0.2, 0.25) is 0 Å². The molecule has 27 heavy (non-hydrogen) atoms. The number of allylic oxidation sites excluding steroid dienone is 1. The molecule has 140 valence electrons.